The van der Waals surface area contributed by atoms with Gasteiger partial charge in [0, 0.05) is 18.0 Å². The smallest absolute Gasteiger partial charge is 0.267 e. The summed E-state index contributed by atoms with van der Waals surface area (Å²) in [6.45, 7) is 0. The lowest BCUT2D eigenvalue weighted by atomic mass is 10.1. The van der Waals surface area contributed by atoms with Crippen molar-refractivity contribution in [3.05, 3.63) is 58.9 Å². The number of benzene rings is 2. The summed E-state index contributed by atoms with van der Waals surface area (Å²) in [7, 11) is 3.20. The van der Waals surface area contributed by atoms with Crippen LogP contribution in [0, 0.1) is 0 Å². The lowest BCUT2D eigenvalue weighted by Gasteiger charge is -2.09. The van der Waals surface area contributed by atoms with Crippen LogP contribution in [0.3, 0.4) is 0 Å². The molecule has 0 saturated heterocycles. The number of aromatic nitrogens is 3. The van der Waals surface area contributed by atoms with Crippen LogP contribution >= 0.6 is 0 Å². The SMILES string of the molecule is COc1cccc(-c2noc(-c3c(O)c4ccccc4n(C)c3=O)n2)c1. The predicted octanol–water partition coefficient (Wildman–Crippen LogP) is 2.97. The van der Waals surface area contributed by atoms with E-state index >= 15 is 0 Å². The Balaban J connectivity index is 1.89. The molecule has 0 bridgehead atoms. The molecule has 130 valence electrons. The van der Waals surface area contributed by atoms with Gasteiger partial charge in [-0.3, -0.25) is 4.79 Å². The fraction of sp³-hybridized carbons (Fsp3) is 0.105. The van der Waals surface area contributed by atoms with Crippen LogP contribution in [-0.4, -0.2) is 26.9 Å². The Morgan fingerprint density at radius 3 is 2.77 bits per heavy atom. The zero-order valence-electron chi connectivity index (χ0n) is 14.1. The van der Waals surface area contributed by atoms with Crippen molar-refractivity contribution >= 4 is 10.9 Å². The van der Waals surface area contributed by atoms with Crippen LogP contribution in [0.5, 0.6) is 11.5 Å². The van der Waals surface area contributed by atoms with E-state index in [9.17, 15) is 9.90 Å². The summed E-state index contributed by atoms with van der Waals surface area (Å²) >= 11 is 0. The molecule has 0 saturated carbocycles. The van der Waals surface area contributed by atoms with E-state index in [0.717, 1.165) is 0 Å². The minimum absolute atomic E-state index is 0.0205. The Kier molecular flexibility index (Phi) is 3.69. The maximum Gasteiger partial charge on any atom is 0.267 e. The van der Waals surface area contributed by atoms with Gasteiger partial charge in [0.25, 0.3) is 11.4 Å². The average molecular weight is 349 g/mol. The molecule has 7 heteroatoms. The Morgan fingerprint density at radius 1 is 1.15 bits per heavy atom. The number of aryl methyl sites for hydroxylation is 1. The highest BCUT2D eigenvalue weighted by Crippen LogP contribution is 2.33. The first-order valence-electron chi connectivity index (χ1n) is 7.89. The van der Waals surface area contributed by atoms with Gasteiger partial charge in [0.15, 0.2) is 0 Å². The van der Waals surface area contributed by atoms with Crippen LogP contribution in [0.1, 0.15) is 0 Å². The quantitative estimate of drug-likeness (QED) is 0.611. The number of rotatable bonds is 3. The third kappa shape index (κ3) is 2.41. The third-order valence-electron chi connectivity index (χ3n) is 4.24. The van der Waals surface area contributed by atoms with Gasteiger partial charge in [0.1, 0.15) is 17.1 Å². The van der Waals surface area contributed by atoms with Gasteiger partial charge >= 0.3 is 0 Å². The third-order valence-corrected chi connectivity index (χ3v) is 4.24. The molecule has 4 aromatic rings. The van der Waals surface area contributed by atoms with Crippen LogP contribution in [-0.2, 0) is 7.05 Å². The Hall–Kier alpha value is -3.61. The number of nitrogens with zero attached hydrogens (tertiary/aromatic N) is 3. The minimum Gasteiger partial charge on any atom is -0.506 e. The van der Waals surface area contributed by atoms with Crippen molar-refractivity contribution in [2.24, 2.45) is 7.05 Å². The molecular formula is C19H15N3O4. The first kappa shape index (κ1) is 15.9. The van der Waals surface area contributed by atoms with Gasteiger partial charge < -0.3 is 18.9 Å². The van der Waals surface area contributed by atoms with Crippen LogP contribution in [0.4, 0.5) is 0 Å². The van der Waals surface area contributed by atoms with Gasteiger partial charge in [-0.15, -0.1) is 0 Å². The summed E-state index contributed by atoms with van der Waals surface area (Å²) in [4.78, 5) is 17.0. The molecular weight excluding hydrogens is 334 g/mol. The normalized spacial score (nSPS) is 11.0. The molecule has 7 nitrogen and oxygen atoms in total. The highest BCUT2D eigenvalue weighted by atomic mass is 16.5. The maximum absolute atomic E-state index is 12.7. The molecule has 0 amide bonds. The molecule has 0 atom stereocenters. The summed E-state index contributed by atoms with van der Waals surface area (Å²) < 4.78 is 11.9. The lowest BCUT2D eigenvalue weighted by molar-refractivity contribution is 0.414. The molecule has 2 aromatic heterocycles. The minimum atomic E-state index is -0.415. The number of ether oxygens (including phenoxy) is 1. The van der Waals surface area contributed by atoms with E-state index in [4.69, 9.17) is 9.26 Å². The van der Waals surface area contributed by atoms with Crippen LogP contribution in [0.25, 0.3) is 33.7 Å². The number of methoxy groups -OCH3 is 1. The molecule has 0 aliphatic heterocycles. The van der Waals surface area contributed by atoms with Crippen molar-refractivity contribution in [1.29, 1.82) is 0 Å². The zero-order chi connectivity index (χ0) is 18.3. The summed E-state index contributed by atoms with van der Waals surface area (Å²) in [5, 5.41) is 15.1. The van der Waals surface area contributed by atoms with E-state index in [0.29, 0.717) is 28.0 Å². The Morgan fingerprint density at radius 2 is 1.96 bits per heavy atom. The van der Waals surface area contributed by atoms with Crippen molar-refractivity contribution in [3.63, 3.8) is 0 Å². The van der Waals surface area contributed by atoms with E-state index < -0.39 is 5.56 Å². The summed E-state index contributed by atoms with van der Waals surface area (Å²) in [5.41, 5.74) is 0.859. The topological polar surface area (TPSA) is 90.4 Å². The Labute approximate surface area is 148 Å². The highest BCUT2D eigenvalue weighted by molar-refractivity contribution is 5.90. The Bertz CT molecular complexity index is 1180. The predicted molar refractivity (Wildman–Crippen MR) is 96.1 cm³/mol. The molecule has 0 unspecified atom stereocenters. The maximum atomic E-state index is 12.7. The fourth-order valence-corrected chi connectivity index (χ4v) is 2.88. The molecule has 0 spiro atoms. The van der Waals surface area contributed by atoms with Gasteiger partial charge in [-0.05, 0) is 24.3 Å². The van der Waals surface area contributed by atoms with Crippen LogP contribution in [0.2, 0.25) is 0 Å². The molecule has 0 radical (unpaired) electrons. The molecule has 26 heavy (non-hydrogen) atoms. The van der Waals surface area contributed by atoms with E-state index in [1.807, 2.05) is 0 Å². The van der Waals surface area contributed by atoms with E-state index in [2.05, 4.69) is 10.1 Å². The molecule has 1 N–H and O–H groups in total. The number of pyridine rings is 1. The number of para-hydroxylation sites is 1. The largest absolute Gasteiger partial charge is 0.506 e. The first-order valence-corrected chi connectivity index (χ1v) is 7.89. The van der Waals surface area contributed by atoms with E-state index in [1.165, 1.54) is 4.57 Å². The standard InChI is InChI=1S/C19H15N3O4/c1-22-14-9-4-3-8-13(14)16(23)15(19(22)24)18-20-17(21-26-18)11-6-5-7-12(10-11)25-2/h3-10,23H,1-2H3. The van der Waals surface area contributed by atoms with Gasteiger partial charge in [0.05, 0.1) is 12.6 Å². The number of hydrogen-bond acceptors (Lipinski definition) is 6. The van der Waals surface area contributed by atoms with Gasteiger partial charge in [-0.25, -0.2) is 0 Å². The second-order valence-corrected chi connectivity index (χ2v) is 5.76. The second kappa shape index (κ2) is 6.03. The van der Waals surface area contributed by atoms with E-state index in [-0.39, 0.29) is 17.2 Å². The van der Waals surface area contributed by atoms with Gasteiger partial charge in [-0.2, -0.15) is 4.98 Å². The van der Waals surface area contributed by atoms with Crippen LogP contribution in [0.15, 0.2) is 57.8 Å². The van der Waals surface area contributed by atoms with Crippen molar-refractivity contribution in [3.8, 4) is 34.3 Å². The molecule has 4 rings (SSSR count). The van der Waals surface area contributed by atoms with Crippen molar-refractivity contribution < 1.29 is 14.4 Å². The highest BCUT2D eigenvalue weighted by Gasteiger charge is 2.22. The monoisotopic (exact) mass is 349 g/mol. The number of hydrogen-bond donors (Lipinski definition) is 1. The second-order valence-electron chi connectivity index (χ2n) is 5.76. The summed E-state index contributed by atoms with van der Waals surface area (Å²) in [5.74, 6) is 0.739. The summed E-state index contributed by atoms with van der Waals surface area (Å²) in [6.07, 6.45) is 0. The lowest BCUT2D eigenvalue weighted by Crippen LogP contribution is -2.19. The molecule has 2 aromatic carbocycles. The average Bonchev–Trinajstić information content (AvgIpc) is 3.16. The first-order chi connectivity index (χ1) is 12.6. The van der Waals surface area contributed by atoms with E-state index in [1.54, 1.807) is 62.7 Å². The number of aromatic hydroxyl groups is 1. The molecule has 0 aliphatic carbocycles. The fourth-order valence-electron chi connectivity index (χ4n) is 2.88. The van der Waals surface area contributed by atoms with Crippen molar-refractivity contribution in [1.82, 2.24) is 14.7 Å². The molecule has 2 heterocycles. The summed E-state index contributed by atoms with van der Waals surface area (Å²) in [6, 6.07) is 14.2. The van der Waals surface area contributed by atoms with Crippen molar-refractivity contribution in [2.75, 3.05) is 7.11 Å². The zero-order valence-corrected chi connectivity index (χ0v) is 14.1. The number of fused-ring (bicyclic) bond motifs is 1. The van der Waals surface area contributed by atoms with Crippen LogP contribution < -0.4 is 10.3 Å². The molecule has 0 aliphatic rings. The van der Waals surface area contributed by atoms with Crippen molar-refractivity contribution in [2.45, 2.75) is 0 Å². The van der Waals surface area contributed by atoms with Gasteiger partial charge in [0.2, 0.25) is 5.82 Å². The molecule has 0 fully saturated rings. The van der Waals surface area contributed by atoms with Gasteiger partial charge in [-0.1, -0.05) is 29.4 Å².